The van der Waals surface area contributed by atoms with Gasteiger partial charge < -0.3 is 0 Å². The van der Waals surface area contributed by atoms with Crippen LogP contribution in [0.4, 0.5) is 0 Å². The Hall–Kier alpha value is -3.09. The van der Waals surface area contributed by atoms with Gasteiger partial charge in [-0.05, 0) is 23.6 Å². The van der Waals surface area contributed by atoms with Gasteiger partial charge in [0.25, 0.3) is 0 Å². The SMILES string of the molecule is [BeH2].c1ccc2c(c1)ccc1cccnc12.c1ccc2ncccc2c1. The molecule has 0 unspecified atom stereocenters. The molecule has 118 valence electrons. The van der Waals surface area contributed by atoms with E-state index in [1.165, 1.54) is 21.5 Å². The van der Waals surface area contributed by atoms with Gasteiger partial charge in [0.05, 0.1) is 11.0 Å². The van der Waals surface area contributed by atoms with E-state index in [0.717, 1.165) is 11.0 Å². The molecule has 0 bridgehead atoms. The van der Waals surface area contributed by atoms with Crippen LogP contribution in [0.25, 0.3) is 32.6 Å². The summed E-state index contributed by atoms with van der Waals surface area (Å²) in [6, 6.07) is 28.7. The fourth-order valence-corrected chi connectivity index (χ4v) is 2.83. The minimum Gasteiger partial charge on any atom is -0.256 e. The van der Waals surface area contributed by atoms with Crippen molar-refractivity contribution in [2.75, 3.05) is 0 Å². The summed E-state index contributed by atoms with van der Waals surface area (Å²) in [7, 11) is 0. The van der Waals surface area contributed by atoms with Gasteiger partial charge in [0.15, 0.2) is 0 Å². The largest absolute Gasteiger partial charge is 0.256 e. The number of hydrogen-bond donors (Lipinski definition) is 0. The first-order chi connectivity index (χ1) is 11.9. The fraction of sp³-hybridized carbons (Fsp3) is 0. The monoisotopic (exact) mass is 319 g/mol. The van der Waals surface area contributed by atoms with Crippen LogP contribution in [0.3, 0.4) is 0 Å². The summed E-state index contributed by atoms with van der Waals surface area (Å²) in [4.78, 5) is 8.59. The molecule has 2 aromatic heterocycles. The number of hydrogen-bond acceptors (Lipinski definition) is 2. The Labute approximate surface area is 150 Å². The summed E-state index contributed by atoms with van der Waals surface area (Å²) < 4.78 is 0. The molecule has 5 rings (SSSR count). The zero-order valence-electron chi connectivity index (χ0n) is 13.1. The van der Waals surface area contributed by atoms with Crippen molar-refractivity contribution in [1.29, 1.82) is 0 Å². The van der Waals surface area contributed by atoms with Gasteiger partial charge in [-0.15, -0.1) is 0 Å². The smallest absolute Gasteiger partial charge is 0.0780 e. The summed E-state index contributed by atoms with van der Waals surface area (Å²) in [6.07, 6.45) is 3.65. The van der Waals surface area contributed by atoms with Gasteiger partial charge in [-0.3, -0.25) is 9.97 Å². The third kappa shape index (κ3) is 3.55. The zero-order valence-corrected chi connectivity index (χ0v) is 13.1. The van der Waals surface area contributed by atoms with Crippen molar-refractivity contribution in [3.05, 3.63) is 97.3 Å². The summed E-state index contributed by atoms with van der Waals surface area (Å²) in [6.45, 7) is 0. The number of benzene rings is 3. The van der Waals surface area contributed by atoms with E-state index in [2.05, 4.69) is 64.6 Å². The van der Waals surface area contributed by atoms with Crippen LogP contribution < -0.4 is 0 Å². The minimum absolute atomic E-state index is 0. The van der Waals surface area contributed by atoms with Crippen LogP contribution in [0.15, 0.2) is 97.3 Å². The molecule has 0 aliphatic carbocycles. The standard InChI is InChI=1S/C13H9N.C9H7N.Be.2H/c1-2-6-12-10(4-1)7-8-11-5-3-9-14-13(11)12;1-2-6-9-8(4-1)5-3-7-10-9;;;/h1-9H;1-7H;;;. The minimum atomic E-state index is 0. The Bertz CT molecular complexity index is 1000. The van der Waals surface area contributed by atoms with Gasteiger partial charge >= 0.3 is 10.1 Å². The van der Waals surface area contributed by atoms with E-state index >= 15 is 0 Å². The molecule has 0 aliphatic rings. The molecule has 0 saturated heterocycles. The molecule has 0 atom stereocenters. The first-order valence-electron chi connectivity index (χ1n) is 7.94. The Balaban J connectivity index is 0.000000148. The second-order valence-electron chi connectivity index (χ2n) is 5.56. The van der Waals surface area contributed by atoms with Crippen molar-refractivity contribution >= 4 is 42.7 Å². The van der Waals surface area contributed by atoms with Crippen molar-refractivity contribution in [3.8, 4) is 0 Å². The van der Waals surface area contributed by atoms with Gasteiger partial charge in [0.2, 0.25) is 0 Å². The summed E-state index contributed by atoms with van der Waals surface area (Å²) >= 11 is 0. The van der Waals surface area contributed by atoms with E-state index < -0.39 is 0 Å². The maximum Gasteiger partial charge on any atom is 0.0780 e. The molecular weight excluding hydrogens is 301 g/mol. The average Bonchev–Trinajstić information content (AvgIpc) is 2.68. The van der Waals surface area contributed by atoms with Crippen molar-refractivity contribution < 1.29 is 0 Å². The predicted octanol–water partition coefficient (Wildman–Crippen LogP) is 4.71. The summed E-state index contributed by atoms with van der Waals surface area (Å²) in [5.74, 6) is 0. The van der Waals surface area contributed by atoms with Crippen LogP contribution >= 0.6 is 0 Å². The van der Waals surface area contributed by atoms with Crippen LogP contribution in [-0.4, -0.2) is 20.1 Å². The normalized spacial score (nSPS) is 10.1. The Morgan fingerprint density at radius 1 is 0.480 bits per heavy atom. The van der Waals surface area contributed by atoms with E-state index in [1.807, 2.05) is 42.7 Å². The molecule has 0 aliphatic heterocycles. The molecular formula is C22H18BeN2. The number of aromatic nitrogens is 2. The Morgan fingerprint density at radius 2 is 1.08 bits per heavy atom. The molecule has 25 heavy (non-hydrogen) atoms. The van der Waals surface area contributed by atoms with Crippen LogP contribution in [0.2, 0.25) is 0 Å². The van der Waals surface area contributed by atoms with Gasteiger partial charge in [-0.25, -0.2) is 0 Å². The number of nitrogens with zero attached hydrogens (tertiary/aromatic N) is 2. The predicted molar refractivity (Wildman–Crippen MR) is 110 cm³/mol. The molecule has 0 saturated carbocycles. The topological polar surface area (TPSA) is 25.8 Å². The van der Waals surface area contributed by atoms with Gasteiger partial charge in [0, 0.05) is 28.6 Å². The molecule has 0 amide bonds. The molecule has 5 aromatic rings. The molecule has 0 spiro atoms. The van der Waals surface area contributed by atoms with E-state index in [1.54, 1.807) is 0 Å². The summed E-state index contributed by atoms with van der Waals surface area (Å²) in [5, 5.41) is 4.88. The van der Waals surface area contributed by atoms with Crippen LogP contribution in [0.5, 0.6) is 0 Å². The van der Waals surface area contributed by atoms with E-state index in [9.17, 15) is 0 Å². The van der Waals surface area contributed by atoms with Crippen molar-refractivity contribution in [2.24, 2.45) is 0 Å². The van der Waals surface area contributed by atoms with Crippen molar-refractivity contribution in [3.63, 3.8) is 0 Å². The molecule has 0 fully saturated rings. The van der Waals surface area contributed by atoms with Gasteiger partial charge in [0.1, 0.15) is 0 Å². The summed E-state index contributed by atoms with van der Waals surface area (Å²) in [5.41, 5.74) is 2.15. The van der Waals surface area contributed by atoms with Crippen LogP contribution in [-0.2, 0) is 0 Å². The maximum atomic E-state index is 4.41. The third-order valence-electron chi connectivity index (χ3n) is 4.01. The Morgan fingerprint density at radius 3 is 1.92 bits per heavy atom. The van der Waals surface area contributed by atoms with E-state index in [-0.39, 0.29) is 10.1 Å². The second-order valence-corrected chi connectivity index (χ2v) is 5.56. The van der Waals surface area contributed by atoms with E-state index in [0.29, 0.717) is 0 Å². The molecule has 3 heteroatoms. The van der Waals surface area contributed by atoms with Crippen molar-refractivity contribution in [2.45, 2.75) is 0 Å². The Kier molecular flexibility index (Phi) is 5.13. The number of para-hydroxylation sites is 1. The van der Waals surface area contributed by atoms with Crippen LogP contribution in [0.1, 0.15) is 0 Å². The van der Waals surface area contributed by atoms with Crippen molar-refractivity contribution in [1.82, 2.24) is 9.97 Å². The first-order valence-corrected chi connectivity index (χ1v) is 7.94. The zero-order chi connectivity index (χ0) is 16.2. The van der Waals surface area contributed by atoms with Gasteiger partial charge in [-0.2, -0.15) is 0 Å². The molecule has 2 heterocycles. The number of fused-ring (bicyclic) bond motifs is 4. The maximum absolute atomic E-state index is 4.41. The molecule has 0 radical (unpaired) electrons. The molecule has 0 N–H and O–H groups in total. The third-order valence-corrected chi connectivity index (χ3v) is 4.01. The molecule has 3 aromatic carbocycles. The molecule has 2 nitrogen and oxygen atoms in total. The first kappa shape index (κ1) is 16.8. The van der Waals surface area contributed by atoms with E-state index in [4.69, 9.17) is 0 Å². The second kappa shape index (κ2) is 7.65. The fourth-order valence-electron chi connectivity index (χ4n) is 2.83. The number of pyridine rings is 2. The van der Waals surface area contributed by atoms with Gasteiger partial charge in [-0.1, -0.05) is 66.7 Å². The average molecular weight is 319 g/mol. The van der Waals surface area contributed by atoms with Crippen LogP contribution in [0, 0.1) is 0 Å². The number of rotatable bonds is 0. The quantitative estimate of drug-likeness (QED) is 0.305.